The summed E-state index contributed by atoms with van der Waals surface area (Å²) < 4.78 is 0. The van der Waals surface area contributed by atoms with Gasteiger partial charge in [0.2, 0.25) is 0 Å². The van der Waals surface area contributed by atoms with Crippen LogP contribution in [0.3, 0.4) is 0 Å². The van der Waals surface area contributed by atoms with Gasteiger partial charge in [0.15, 0.2) is 0 Å². The number of hydrogen-bond donors (Lipinski definition) is 2. The molecule has 2 saturated heterocycles. The van der Waals surface area contributed by atoms with E-state index in [0.717, 1.165) is 44.7 Å². The van der Waals surface area contributed by atoms with Gasteiger partial charge >= 0.3 is 0 Å². The molecule has 2 aliphatic rings. The first-order chi connectivity index (χ1) is 8.84. The number of rotatable bonds is 2. The van der Waals surface area contributed by atoms with E-state index in [-0.39, 0.29) is 5.91 Å². The van der Waals surface area contributed by atoms with E-state index in [1.54, 1.807) is 0 Å². The van der Waals surface area contributed by atoms with Crippen LogP contribution in [0, 0.1) is 0 Å². The van der Waals surface area contributed by atoms with Crippen LogP contribution in [0.2, 0.25) is 0 Å². The number of carbonyl (C=O) groups is 1. The molecule has 0 bridgehead atoms. The number of aromatic amines is 1. The standard InChI is InChI=1S/C13H20N4O/c18-13(17-6-1-2-7-17)12-8-11(15-16-12)10-4-3-5-14-9-10/h8,10,14H,1-7,9H2,(H,15,16). The van der Waals surface area contributed by atoms with E-state index in [0.29, 0.717) is 11.6 Å². The minimum absolute atomic E-state index is 0.0822. The van der Waals surface area contributed by atoms with Crippen LogP contribution in [-0.2, 0) is 0 Å². The number of hydrogen-bond acceptors (Lipinski definition) is 3. The maximum Gasteiger partial charge on any atom is 0.274 e. The molecule has 0 radical (unpaired) electrons. The van der Waals surface area contributed by atoms with E-state index in [1.165, 1.54) is 12.8 Å². The van der Waals surface area contributed by atoms with Crippen molar-refractivity contribution in [2.45, 2.75) is 31.6 Å². The molecule has 3 heterocycles. The molecule has 2 fully saturated rings. The van der Waals surface area contributed by atoms with Gasteiger partial charge in [-0.15, -0.1) is 0 Å². The number of likely N-dealkylation sites (tertiary alicyclic amines) is 1. The van der Waals surface area contributed by atoms with Gasteiger partial charge in [-0.2, -0.15) is 5.10 Å². The van der Waals surface area contributed by atoms with E-state index < -0.39 is 0 Å². The van der Waals surface area contributed by atoms with Crippen LogP contribution >= 0.6 is 0 Å². The average Bonchev–Trinajstić information content (AvgIpc) is 3.10. The summed E-state index contributed by atoms with van der Waals surface area (Å²) in [6, 6.07) is 1.94. The molecule has 1 amide bonds. The van der Waals surface area contributed by atoms with Gasteiger partial charge in [-0.3, -0.25) is 9.89 Å². The Balaban J connectivity index is 1.70. The van der Waals surface area contributed by atoms with E-state index in [1.807, 2.05) is 11.0 Å². The Labute approximate surface area is 107 Å². The van der Waals surface area contributed by atoms with Crippen molar-refractivity contribution in [3.63, 3.8) is 0 Å². The highest BCUT2D eigenvalue weighted by atomic mass is 16.2. The summed E-state index contributed by atoms with van der Waals surface area (Å²) >= 11 is 0. The predicted molar refractivity (Wildman–Crippen MR) is 68.6 cm³/mol. The van der Waals surface area contributed by atoms with Gasteiger partial charge < -0.3 is 10.2 Å². The van der Waals surface area contributed by atoms with Crippen molar-refractivity contribution < 1.29 is 4.79 Å². The van der Waals surface area contributed by atoms with Crippen molar-refractivity contribution in [1.82, 2.24) is 20.4 Å². The number of carbonyl (C=O) groups excluding carboxylic acids is 1. The number of nitrogens with one attached hydrogen (secondary N) is 2. The van der Waals surface area contributed by atoms with Crippen molar-refractivity contribution in [1.29, 1.82) is 0 Å². The highest BCUT2D eigenvalue weighted by molar-refractivity contribution is 5.92. The Hall–Kier alpha value is -1.36. The maximum atomic E-state index is 12.2. The topological polar surface area (TPSA) is 61.0 Å². The van der Waals surface area contributed by atoms with Gasteiger partial charge in [-0.1, -0.05) is 0 Å². The Bertz CT molecular complexity index is 416. The summed E-state index contributed by atoms with van der Waals surface area (Å²) in [4.78, 5) is 14.1. The molecule has 1 unspecified atom stereocenters. The van der Waals surface area contributed by atoms with Crippen LogP contribution in [0.5, 0.6) is 0 Å². The highest BCUT2D eigenvalue weighted by Gasteiger charge is 2.24. The predicted octanol–water partition coefficient (Wildman–Crippen LogP) is 1.11. The van der Waals surface area contributed by atoms with E-state index in [4.69, 9.17) is 0 Å². The van der Waals surface area contributed by atoms with Crippen molar-refractivity contribution in [3.05, 3.63) is 17.5 Å². The second kappa shape index (κ2) is 5.10. The Morgan fingerprint density at radius 3 is 2.89 bits per heavy atom. The first kappa shape index (κ1) is 11.7. The van der Waals surface area contributed by atoms with Crippen molar-refractivity contribution in [2.75, 3.05) is 26.2 Å². The molecule has 98 valence electrons. The lowest BCUT2D eigenvalue weighted by Gasteiger charge is -2.21. The number of nitrogens with zero attached hydrogens (tertiary/aromatic N) is 2. The minimum atomic E-state index is 0.0822. The lowest BCUT2D eigenvalue weighted by molar-refractivity contribution is 0.0787. The zero-order chi connectivity index (χ0) is 12.4. The molecular formula is C13H20N4O. The molecule has 0 aromatic carbocycles. The van der Waals surface area contributed by atoms with Crippen molar-refractivity contribution in [3.8, 4) is 0 Å². The number of piperidine rings is 1. The molecule has 0 aliphatic carbocycles. The molecule has 0 saturated carbocycles. The molecule has 1 aromatic rings. The fourth-order valence-electron chi connectivity index (χ4n) is 2.85. The number of amides is 1. The molecule has 1 atom stereocenters. The Morgan fingerprint density at radius 2 is 2.17 bits per heavy atom. The normalized spacial score (nSPS) is 24.4. The average molecular weight is 248 g/mol. The Kier molecular flexibility index (Phi) is 3.32. The zero-order valence-electron chi connectivity index (χ0n) is 10.6. The maximum absolute atomic E-state index is 12.2. The second-order valence-electron chi connectivity index (χ2n) is 5.25. The second-order valence-corrected chi connectivity index (χ2v) is 5.25. The Morgan fingerprint density at radius 1 is 1.33 bits per heavy atom. The lowest BCUT2D eigenvalue weighted by atomic mass is 9.96. The van der Waals surface area contributed by atoms with E-state index in [9.17, 15) is 4.79 Å². The zero-order valence-corrected chi connectivity index (χ0v) is 10.6. The molecular weight excluding hydrogens is 228 g/mol. The van der Waals surface area contributed by atoms with Crippen LogP contribution in [0.4, 0.5) is 0 Å². The molecule has 2 N–H and O–H groups in total. The summed E-state index contributed by atoms with van der Waals surface area (Å²) in [5.74, 6) is 0.560. The molecule has 1 aromatic heterocycles. The van der Waals surface area contributed by atoms with Crippen LogP contribution in [0.1, 0.15) is 47.8 Å². The largest absolute Gasteiger partial charge is 0.337 e. The van der Waals surface area contributed by atoms with E-state index in [2.05, 4.69) is 15.5 Å². The third-order valence-corrected chi connectivity index (χ3v) is 3.95. The fourth-order valence-corrected chi connectivity index (χ4v) is 2.85. The SMILES string of the molecule is O=C(c1cc(C2CCCNC2)[nH]n1)N1CCCC1. The van der Waals surface area contributed by atoms with Gasteiger partial charge in [-0.05, 0) is 38.3 Å². The summed E-state index contributed by atoms with van der Waals surface area (Å²) in [6.07, 6.45) is 4.61. The summed E-state index contributed by atoms with van der Waals surface area (Å²) in [5, 5.41) is 10.6. The minimum Gasteiger partial charge on any atom is -0.337 e. The van der Waals surface area contributed by atoms with Crippen LogP contribution in [0.25, 0.3) is 0 Å². The van der Waals surface area contributed by atoms with Gasteiger partial charge in [0.25, 0.3) is 5.91 Å². The lowest BCUT2D eigenvalue weighted by Crippen LogP contribution is -2.28. The van der Waals surface area contributed by atoms with Crippen LogP contribution < -0.4 is 5.32 Å². The molecule has 5 nitrogen and oxygen atoms in total. The number of aromatic nitrogens is 2. The van der Waals surface area contributed by atoms with Gasteiger partial charge in [0, 0.05) is 31.2 Å². The van der Waals surface area contributed by atoms with Crippen LogP contribution in [-0.4, -0.2) is 47.2 Å². The quantitative estimate of drug-likeness (QED) is 0.824. The van der Waals surface area contributed by atoms with Gasteiger partial charge in [0.05, 0.1) is 0 Å². The smallest absolute Gasteiger partial charge is 0.274 e. The molecule has 5 heteroatoms. The third-order valence-electron chi connectivity index (χ3n) is 3.95. The molecule has 18 heavy (non-hydrogen) atoms. The fraction of sp³-hybridized carbons (Fsp3) is 0.692. The first-order valence-corrected chi connectivity index (χ1v) is 6.90. The molecule has 0 spiro atoms. The van der Waals surface area contributed by atoms with Gasteiger partial charge in [0.1, 0.15) is 5.69 Å². The van der Waals surface area contributed by atoms with Crippen molar-refractivity contribution >= 4 is 5.91 Å². The van der Waals surface area contributed by atoms with Gasteiger partial charge in [-0.25, -0.2) is 0 Å². The molecule has 3 rings (SSSR count). The van der Waals surface area contributed by atoms with E-state index >= 15 is 0 Å². The monoisotopic (exact) mass is 248 g/mol. The summed E-state index contributed by atoms with van der Waals surface area (Å²) in [5.41, 5.74) is 1.68. The third kappa shape index (κ3) is 2.27. The van der Waals surface area contributed by atoms with Crippen molar-refractivity contribution in [2.24, 2.45) is 0 Å². The summed E-state index contributed by atoms with van der Waals surface area (Å²) in [6.45, 7) is 3.85. The highest BCUT2D eigenvalue weighted by Crippen LogP contribution is 2.22. The molecule has 2 aliphatic heterocycles. The van der Waals surface area contributed by atoms with Crippen LogP contribution in [0.15, 0.2) is 6.07 Å². The summed E-state index contributed by atoms with van der Waals surface area (Å²) in [7, 11) is 0. The number of H-pyrrole nitrogens is 1. The first-order valence-electron chi connectivity index (χ1n) is 6.90.